The fraction of sp³-hybridized carbons (Fsp3) is 0.375. The largest absolute Gasteiger partial charge is 0.483 e. The van der Waals surface area contributed by atoms with Crippen molar-refractivity contribution in [3.8, 4) is 5.75 Å². The lowest BCUT2D eigenvalue weighted by Crippen LogP contribution is -2.28. The van der Waals surface area contributed by atoms with Crippen LogP contribution in [0.25, 0.3) is 0 Å². The molecule has 0 bridgehead atoms. The zero-order valence-electron chi connectivity index (χ0n) is 11.1. The molecule has 0 aliphatic heterocycles. The minimum atomic E-state index is -0.0561. The molecule has 0 spiro atoms. The molecule has 1 aliphatic rings. The van der Waals surface area contributed by atoms with Crippen molar-refractivity contribution in [2.45, 2.75) is 38.3 Å². The molecule has 0 saturated carbocycles. The highest BCUT2D eigenvalue weighted by Gasteiger charge is 2.20. The van der Waals surface area contributed by atoms with Crippen LogP contribution >= 0.6 is 11.3 Å². The molecule has 2 N–H and O–H groups in total. The molecule has 0 radical (unpaired) electrons. The summed E-state index contributed by atoms with van der Waals surface area (Å²) in [6, 6.07) is 10.6. The highest BCUT2D eigenvalue weighted by molar-refractivity contribution is 7.10. The van der Waals surface area contributed by atoms with Crippen molar-refractivity contribution in [3.05, 3.63) is 51.7 Å². The molecular formula is C16H19NOS. The second-order valence-electron chi connectivity index (χ2n) is 5.20. The van der Waals surface area contributed by atoms with E-state index < -0.39 is 0 Å². The van der Waals surface area contributed by atoms with E-state index in [1.807, 2.05) is 13.0 Å². The predicted octanol–water partition coefficient (Wildman–Crippen LogP) is 3.70. The van der Waals surface area contributed by atoms with E-state index in [0.717, 1.165) is 5.75 Å². The first-order valence-corrected chi connectivity index (χ1v) is 7.69. The molecular weight excluding hydrogens is 254 g/mol. The van der Waals surface area contributed by atoms with Gasteiger partial charge in [-0.2, -0.15) is 0 Å². The van der Waals surface area contributed by atoms with Crippen molar-refractivity contribution in [2.24, 2.45) is 5.73 Å². The Balaban J connectivity index is 1.82. The number of ether oxygens (including phenoxy) is 1. The Labute approximate surface area is 118 Å². The van der Waals surface area contributed by atoms with E-state index in [-0.39, 0.29) is 12.1 Å². The number of fused-ring (bicyclic) bond motifs is 1. The molecule has 1 aromatic heterocycles. The predicted molar refractivity (Wildman–Crippen MR) is 79.8 cm³/mol. The highest BCUT2D eigenvalue weighted by Crippen LogP contribution is 2.31. The molecule has 3 rings (SSSR count). The number of rotatable bonds is 4. The summed E-state index contributed by atoms with van der Waals surface area (Å²) in [5, 5.41) is 2.07. The van der Waals surface area contributed by atoms with Crippen molar-refractivity contribution >= 4 is 11.3 Å². The third-order valence-corrected chi connectivity index (χ3v) is 4.57. The van der Waals surface area contributed by atoms with Gasteiger partial charge in [0.25, 0.3) is 0 Å². The van der Waals surface area contributed by atoms with E-state index in [1.54, 1.807) is 11.3 Å². The van der Waals surface area contributed by atoms with E-state index in [4.69, 9.17) is 10.5 Å². The fourth-order valence-corrected chi connectivity index (χ4v) is 3.51. The monoisotopic (exact) mass is 273 g/mol. The first kappa shape index (κ1) is 12.7. The minimum Gasteiger partial charge on any atom is -0.483 e. The van der Waals surface area contributed by atoms with Gasteiger partial charge in [-0.25, -0.2) is 0 Å². The zero-order chi connectivity index (χ0) is 13.2. The van der Waals surface area contributed by atoms with Gasteiger partial charge >= 0.3 is 0 Å². The third-order valence-electron chi connectivity index (χ3n) is 3.63. The lowest BCUT2D eigenvalue weighted by atomic mass is 10.1. The second kappa shape index (κ2) is 5.35. The van der Waals surface area contributed by atoms with Crippen LogP contribution in [0.3, 0.4) is 0 Å². The number of aryl methyl sites for hydroxylation is 2. The minimum absolute atomic E-state index is 0.0214. The van der Waals surface area contributed by atoms with Gasteiger partial charge in [-0.05, 0) is 60.9 Å². The average Bonchev–Trinajstić information content (AvgIpc) is 3.06. The van der Waals surface area contributed by atoms with Gasteiger partial charge in [0.05, 0.1) is 0 Å². The molecule has 0 amide bonds. The van der Waals surface area contributed by atoms with Gasteiger partial charge in [0.1, 0.15) is 11.9 Å². The lowest BCUT2D eigenvalue weighted by molar-refractivity contribution is 0.184. The lowest BCUT2D eigenvalue weighted by Gasteiger charge is -2.21. The van der Waals surface area contributed by atoms with Crippen molar-refractivity contribution in [3.63, 3.8) is 0 Å². The Hall–Kier alpha value is -1.32. The van der Waals surface area contributed by atoms with Crippen molar-refractivity contribution < 1.29 is 4.74 Å². The smallest absolute Gasteiger partial charge is 0.148 e. The summed E-state index contributed by atoms with van der Waals surface area (Å²) in [5.41, 5.74) is 8.98. The third kappa shape index (κ3) is 2.67. The molecule has 2 nitrogen and oxygen atoms in total. The van der Waals surface area contributed by atoms with Crippen molar-refractivity contribution in [1.29, 1.82) is 0 Å². The molecule has 0 fully saturated rings. The van der Waals surface area contributed by atoms with Crippen LogP contribution in [-0.4, -0.2) is 6.04 Å². The maximum atomic E-state index is 6.13. The average molecular weight is 273 g/mol. The summed E-state index contributed by atoms with van der Waals surface area (Å²) in [4.78, 5) is 1.19. The summed E-state index contributed by atoms with van der Waals surface area (Å²) in [7, 11) is 0. The maximum absolute atomic E-state index is 6.13. The fourth-order valence-electron chi connectivity index (χ4n) is 2.65. The van der Waals surface area contributed by atoms with E-state index in [9.17, 15) is 0 Å². The number of benzene rings is 1. The van der Waals surface area contributed by atoms with Crippen LogP contribution in [0.1, 0.15) is 35.5 Å². The summed E-state index contributed by atoms with van der Waals surface area (Å²) >= 11 is 1.70. The van der Waals surface area contributed by atoms with Crippen LogP contribution < -0.4 is 10.5 Å². The van der Waals surface area contributed by atoms with Crippen LogP contribution in [0.4, 0.5) is 0 Å². The van der Waals surface area contributed by atoms with E-state index in [2.05, 4.69) is 29.6 Å². The Kier molecular flexibility index (Phi) is 3.58. The molecule has 1 heterocycles. The van der Waals surface area contributed by atoms with Crippen LogP contribution in [-0.2, 0) is 12.8 Å². The van der Waals surface area contributed by atoms with Gasteiger partial charge in [-0.3, -0.25) is 0 Å². The first-order valence-electron chi connectivity index (χ1n) is 6.81. The SMILES string of the molecule is CC(N)C(Oc1ccc2c(c1)CCC2)c1cccs1. The van der Waals surface area contributed by atoms with Gasteiger partial charge < -0.3 is 10.5 Å². The molecule has 2 aromatic rings. The molecule has 19 heavy (non-hydrogen) atoms. The summed E-state index contributed by atoms with van der Waals surface area (Å²) in [6.07, 6.45) is 3.59. The van der Waals surface area contributed by atoms with E-state index in [1.165, 1.54) is 35.3 Å². The van der Waals surface area contributed by atoms with Gasteiger partial charge in [0.2, 0.25) is 0 Å². The highest BCUT2D eigenvalue weighted by atomic mass is 32.1. The topological polar surface area (TPSA) is 35.2 Å². The van der Waals surface area contributed by atoms with Crippen LogP contribution in [0.5, 0.6) is 5.75 Å². The van der Waals surface area contributed by atoms with Crippen LogP contribution in [0, 0.1) is 0 Å². The number of nitrogens with two attached hydrogens (primary N) is 1. The Bertz CT molecular complexity index is 548. The van der Waals surface area contributed by atoms with Crippen molar-refractivity contribution in [1.82, 2.24) is 0 Å². The van der Waals surface area contributed by atoms with Gasteiger partial charge in [0, 0.05) is 10.9 Å². The molecule has 100 valence electrons. The maximum Gasteiger partial charge on any atom is 0.148 e. The normalized spacial score (nSPS) is 16.9. The van der Waals surface area contributed by atoms with Crippen molar-refractivity contribution in [2.75, 3.05) is 0 Å². The second-order valence-corrected chi connectivity index (χ2v) is 6.18. The van der Waals surface area contributed by atoms with Crippen LogP contribution in [0.15, 0.2) is 35.7 Å². The van der Waals surface area contributed by atoms with E-state index in [0.29, 0.717) is 0 Å². The molecule has 0 saturated heterocycles. The van der Waals surface area contributed by atoms with E-state index >= 15 is 0 Å². The van der Waals surface area contributed by atoms with Crippen LogP contribution in [0.2, 0.25) is 0 Å². The molecule has 2 atom stereocenters. The standard InChI is InChI=1S/C16H19NOS/c1-11(17)16(15-6-3-9-19-15)18-14-8-7-12-4-2-5-13(12)10-14/h3,6-11,16H,2,4-5,17H2,1H3. The molecule has 2 unspecified atom stereocenters. The van der Waals surface area contributed by atoms with Gasteiger partial charge in [0.15, 0.2) is 0 Å². The van der Waals surface area contributed by atoms with Gasteiger partial charge in [-0.15, -0.1) is 11.3 Å². The molecule has 1 aromatic carbocycles. The summed E-state index contributed by atoms with van der Waals surface area (Å²) < 4.78 is 6.13. The molecule has 1 aliphatic carbocycles. The Morgan fingerprint density at radius 3 is 2.79 bits per heavy atom. The Morgan fingerprint density at radius 2 is 2.05 bits per heavy atom. The number of hydrogen-bond donors (Lipinski definition) is 1. The summed E-state index contributed by atoms with van der Waals surface area (Å²) in [6.45, 7) is 2.00. The molecule has 3 heteroatoms. The quantitative estimate of drug-likeness (QED) is 0.921. The Morgan fingerprint density at radius 1 is 1.21 bits per heavy atom. The number of thiophene rings is 1. The van der Waals surface area contributed by atoms with Gasteiger partial charge in [-0.1, -0.05) is 12.1 Å². The number of hydrogen-bond acceptors (Lipinski definition) is 3. The zero-order valence-corrected chi connectivity index (χ0v) is 12.0. The summed E-state index contributed by atoms with van der Waals surface area (Å²) in [5.74, 6) is 0.941. The first-order chi connectivity index (χ1) is 9.24.